The third kappa shape index (κ3) is 3.87. The molecule has 0 spiro atoms. The zero-order valence-corrected chi connectivity index (χ0v) is 13.3. The van der Waals surface area contributed by atoms with Gasteiger partial charge >= 0.3 is 5.88 Å². The Kier molecular flexibility index (Phi) is 4.82. The van der Waals surface area contributed by atoms with Gasteiger partial charge in [0.1, 0.15) is 11.2 Å². The van der Waals surface area contributed by atoms with Gasteiger partial charge in [0.15, 0.2) is 5.76 Å². The lowest BCUT2D eigenvalue weighted by Crippen LogP contribution is -2.41. The Morgan fingerprint density at radius 3 is 2.64 bits per heavy atom. The number of hydrogen-bond donors (Lipinski definition) is 1. The molecule has 0 aliphatic carbocycles. The molecule has 1 aliphatic rings. The van der Waals surface area contributed by atoms with Crippen molar-refractivity contribution in [1.82, 2.24) is 10.2 Å². The lowest BCUT2D eigenvalue weighted by atomic mass is 9.96. The monoisotopic (exact) mass is 347 g/mol. The second kappa shape index (κ2) is 7.20. The number of furan rings is 2. The fourth-order valence-corrected chi connectivity index (χ4v) is 2.78. The van der Waals surface area contributed by atoms with Crippen LogP contribution in [-0.2, 0) is 0 Å². The van der Waals surface area contributed by atoms with Gasteiger partial charge < -0.3 is 19.1 Å². The Morgan fingerprint density at radius 2 is 2.04 bits per heavy atom. The van der Waals surface area contributed by atoms with Crippen LogP contribution in [0.3, 0.4) is 0 Å². The van der Waals surface area contributed by atoms with E-state index in [1.165, 1.54) is 18.6 Å². The molecular formula is C16H17N3O6. The van der Waals surface area contributed by atoms with E-state index in [-0.39, 0.29) is 17.6 Å². The number of likely N-dealkylation sites (tertiary alicyclic amines) is 1. The number of carbonyl (C=O) groups excluding carboxylic acids is 2. The third-order valence-electron chi connectivity index (χ3n) is 4.22. The van der Waals surface area contributed by atoms with Crippen LogP contribution in [0.4, 0.5) is 5.88 Å². The molecule has 0 bridgehead atoms. The Labute approximate surface area is 142 Å². The molecule has 25 heavy (non-hydrogen) atoms. The molecule has 0 saturated carbocycles. The summed E-state index contributed by atoms with van der Waals surface area (Å²) < 4.78 is 9.79. The first kappa shape index (κ1) is 16.7. The first-order valence-electron chi connectivity index (χ1n) is 7.88. The maximum Gasteiger partial charge on any atom is 0.433 e. The number of rotatable bonds is 5. The van der Waals surface area contributed by atoms with Gasteiger partial charge in [0.25, 0.3) is 11.8 Å². The van der Waals surface area contributed by atoms with Crippen LogP contribution in [0.25, 0.3) is 0 Å². The molecule has 2 aromatic rings. The summed E-state index contributed by atoms with van der Waals surface area (Å²) in [6.45, 7) is 1.65. The molecule has 2 aromatic heterocycles. The van der Waals surface area contributed by atoms with E-state index in [1.54, 1.807) is 11.0 Å². The van der Waals surface area contributed by atoms with E-state index in [0.29, 0.717) is 25.2 Å². The van der Waals surface area contributed by atoms with Crippen molar-refractivity contribution in [2.45, 2.75) is 12.8 Å². The van der Waals surface area contributed by atoms with E-state index in [0.717, 1.165) is 18.9 Å². The lowest BCUT2D eigenvalue weighted by Gasteiger charge is -2.31. The predicted octanol–water partition coefficient (Wildman–Crippen LogP) is 2.06. The van der Waals surface area contributed by atoms with Crippen molar-refractivity contribution >= 4 is 17.7 Å². The highest BCUT2D eigenvalue weighted by Gasteiger charge is 2.25. The van der Waals surface area contributed by atoms with Gasteiger partial charge in [0.2, 0.25) is 0 Å². The average Bonchev–Trinajstić information content (AvgIpc) is 3.31. The molecule has 0 radical (unpaired) electrons. The first-order valence-corrected chi connectivity index (χ1v) is 7.88. The Hall–Kier alpha value is -3.10. The number of amides is 2. The third-order valence-corrected chi connectivity index (χ3v) is 4.22. The Morgan fingerprint density at radius 1 is 1.28 bits per heavy atom. The smallest absolute Gasteiger partial charge is 0.433 e. The maximum atomic E-state index is 12.2. The van der Waals surface area contributed by atoms with E-state index < -0.39 is 16.7 Å². The lowest BCUT2D eigenvalue weighted by molar-refractivity contribution is -0.402. The molecule has 9 nitrogen and oxygen atoms in total. The number of nitrogens with one attached hydrogen (secondary N) is 1. The summed E-state index contributed by atoms with van der Waals surface area (Å²) in [6.07, 6.45) is 4.43. The summed E-state index contributed by atoms with van der Waals surface area (Å²) >= 11 is 0. The molecule has 0 aromatic carbocycles. The van der Waals surface area contributed by atoms with Gasteiger partial charge in [-0.3, -0.25) is 19.7 Å². The van der Waals surface area contributed by atoms with E-state index in [1.807, 2.05) is 0 Å². The maximum absolute atomic E-state index is 12.2. The molecule has 0 unspecified atom stereocenters. The van der Waals surface area contributed by atoms with Crippen molar-refractivity contribution < 1.29 is 23.3 Å². The summed E-state index contributed by atoms with van der Waals surface area (Å²) in [5.74, 6) is -0.845. The van der Waals surface area contributed by atoms with Crippen molar-refractivity contribution in [3.8, 4) is 0 Å². The predicted molar refractivity (Wildman–Crippen MR) is 85.0 cm³/mol. The molecule has 132 valence electrons. The average molecular weight is 347 g/mol. The molecule has 0 atom stereocenters. The summed E-state index contributed by atoms with van der Waals surface area (Å²) in [6, 6.07) is 4.06. The van der Waals surface area contributed by atoms with Gasteiger partial charge in [0.05, 0.1) is 17.9 Å². The molecule has 3 heterocycles. The van der Waals surface area contributed by atoms with Crippen LogP contribution >= 0.6 is 0 Å². The van der Waals surface area contributed by atoms with Crippen molar-refractivity contribution in [1.29, 1.82) is 0 Å². The normalized spacial score (nSPS) is 15.1. The summed E-state index contributed by atoms with van der Waals surface area (Å²) in [5, 5.41) is 13.3. The second-order valence-corrected chi connectivity index (χ2v) is 5.85. The van der Waals surface area contributed by atoms with Crippen LogP contribution in [0.5, 0.6) is 0 Å². The minimum absolute atomic E-state index is 0.0564. The van der Waals surface area contributed by atoms with Crippen LogP contribution < -0.4 is 5.32 Å². The van der Waals surface area contributed by atoms with E-state index in [9.17, 15) is 19.7 Å². The van der Waals surface area contributed by atoms with Crippen LogP contribution in [0.2, 0.25) is 0 Å². The van der Waals surface area contributed by atoms with E-state index in [4.69, 9.17) is 8.83 Å². The van der Waals surface area contributed by atoms with Crippen LogP contribution in [0.1, 0.15) is 33.8 Å². The van der Waals surface area contributed by atoms with Crippen LogP contribution in [-0.4, -0.2) is 41.3 Å². The van der Waals surface area contributed by atoms with Gasteiger partial charge in [0, 0.05) is 19.6 Å². The first-order chi connectivity index (χ1) is 12.0. The summed E-state index contributed by atoms with van der Waals surface area (Å²) in [5.41, 5.74) is 0.533. The topological polar surface area (TPSA) is 119 Å². The molecule has 3 rings (SSSR count). The van der Waals surface area contributed by atoms with Gasteiger partial charge in [-0.15, -0.1) is 0 Å². The number of nitro groups is 1. The largest absolute Gasteiger partial charge is 0.472 e. The van der Waals surface area contributed by atoms with Gasteiger partial charge in [-0.25, -0.2) is 0 Å². The van der Waals surface area contributed by atoms with Crippen LogP contribution in [0.15, 0.2) is 39.6 Å². The minimum Gasteiger partial charge on any atom is -0.472 e. The second-order valence-electron chi connectivity index (χ2n) is 5.85. The summed E-state index contributed by atoms with van der Waals surface area (Å²) in [7, 11) is 0. The van der Waals surface area contributed by atoms with Crippen molar-refractivity contribution in [2.24, 2.45) is 5.92 Å². The van der Waals surface area contributed by atoms with E-state index in [2.05, 4.69) is 5.32 Å². The number of nitrogens with zero attached hydrogens (tertiary/aromatic N) is 2. The van der Waals surface area contributed by atoms with Crippen molar-refractivity contribution in [2.75, 3.05) is 19.6 Å². The number of piperidine rings is 1. The molecule has 9 heteroatoms. The van der Waals surface area contributed by atoms with Crippen molar-refractivity contribution in [3.05, 3.63) is 52.2 Å². The van der Waals surface area contributed by atoms with Crippen molar-refractivity contribution in [3.63, 3.8) is 0 Å². The SMILES string of the molecule is O=C(NCC1CCN(C(=O)c2ccoc2)CC1)c1ccc([N+](=O)[O-])o1. The van der Waals surface area contributed by atoms with Crippen LogP contribution in [0, 0.1) is 16.0 Å². The zero-order chi connectivity index (χ0) is 17.8. The highest BCUT2D eigenvalue weighted by Crippen LogP contribution is 2.19. The fourth-order valence-electron chi connectivity index (χ4n) is 2.78. The number of hydrogen-bond acceptors (Lipinski definition) is 6. The minimum atomic E-state index is -0.691. The Balaban J connectivity index is 1.45. The fraction of sp³-hybridized carbons (Fsp3) is 0.375. The zero-order valence-electron chi connectivity index (χ0n) is 13.3. The van der Waals surface area contributed by atoms with Gasteiger partial charge in [-0.2, -0.15) is 0 Å². The van der Waals surface area contributed by atoms with Gasteiger partial charge in [-0.05, 0) is 30.9 Å². The standard InChI is InChI=1S/C16H17N3O6/c20-15(13-1-2-14(25-13)19(22)23)17-9-11-3-6-18(7-4-11)16(21)12-5-8-24-10-12/h1-2,5,8,10-11H,3-4,6-7,9H2,(H,17,20). The summed E-state index contributed by atoms with van der Waals surface area (Å²) in [4.78, 5) is 35.8. The highest BCUT2D eigenvalue weighted by molar-refractivity contribution is 5.94. The number of carbonyl (C=O) groups is 2. The molecule has 1 aliphatic heterocycles. The highest BCUT2D eigenvalue weighted by atomic mass is 16.6. The Bertz CT molecular complexity index is 759. The molecular weight excluding hydrogens is 330 g/mol. The molecule has 2 amide bonds. The molecule has 1 fully saturated rings. The molecule has 1 N–H and O–H groups in total. The van der Waals surface area contributed by atoms with Gasteiger partial charge in [-0.1, -0.05) is 0 Å². The molecule has 1 saturated heterocycles. The quantitative estimate of drug-likeness (QED) is 0.653. The van der Waals surface area contributed by atoms with E-state index >= 15 is 0 Å².